The van der Waals surface area contributed by atoms with Crippen molar-refractivity contribution in [1.82, 2.24) is 0 Å². The lowest BCUT2D eigenvalue weighted by atomic mass is 9.80. The number of aliphatic hydroxyl groups is 5. The van der Waals surface area contributed by atoms with Gasteiger partial charge < -0.3 is 40.1 Å². The van der Waals surface area contributed by atoms with Gasteiger partial charge in [0.15, 0.2) is 6.29 Å². The second-order valence-electron chi connectivity index (χ2n) is 6.30. The molecule has 9 nitrogen and oxygen atoms in total. The first-order valence-corrected chi connectivity index (χ1v) is 7.66. The SMILES string of the molecule is O=C(O)CC1(O[C@@H]2O[C@H](CO)[C@@H](O)[C@H](O)[C@H]2O)CCC(O)CC1. The zero-order valence-electron chi connectivity index (χ0n) is 12.6. The molecule has 23 heavy (non-hydrogen) atoms. The fourth-order valence-corrected chi connectivity index (χ4v) is 3.15. The highest BCUT2D eigenvalue weighted by molar-refractivity contribution is 5.68. The summed E-state index contributed by atoms with van der Waals surface area (Å²) in [5, 5.41) is 57.4. The Morgan fingerprint density at radius 1 is 1.09 bits per heavy atom. The molecule has 0 aromatic heterocycles. The fraction of sp³-hybridized carbons (Fsp3) is 0.929. The fourth-order valence-electron chi connectivity index (χ4n) is 3.15. The second-order valence-corrected chi connectivity index (χ2v) is 6.30. The van der Waals surface area contributed by atoms with E-state index in [4.69, 9.17) is 14.6 Å². The first kappa shape index (κ1) is 18.5. The van der Waals surface area contributed by atoms with Gasteiger partial charge in [-0.15, -0.1) is 0 Å². The monoisotopic (exact) mass is 336 g/mol. The minimum atomic E-state index is -1.58. The van der Waals surface area contributed by atoms with Crippen molar-refractivity contribution in [3.05, 3.63) is 0 Å². The maximum absolute atomic E-state index is 11.1. The van der Waals surface area contributed by atoms with Crippen molar-refractivity contribution in [2.45, 2.75) is 74.5 Å². The summed E-state index contributed by atoms with van der Waals surface area (Å²) in [5.74, 6) is -1.09. The molecular formula is C14H24O9. The second kappa shape index (κ2) is 7.39. The van der Waals surface area contributed by atoms with Gasteiger partial charge in [-0.25, -0.2) is 0 Å². The van der Waals surface area contributed by atoms with Gasteiger partial charge in [-0.2, -0.15) is 0 Å². The zero-order valence-corrected chi connectivity index (χ0v) is 12.6. The normalized spacial score (nSPS) is 44.9. The molecule has 2 fully saturated rings. The first-order valence-electron chi connectivity index (χ1n) is 7.66. The molecule has 0 unspecified atom stereocenters. The molecule has 0 aromatic carbocycles. The molecule has 2 aliphatic rings. The van der Waals surface area contributed by atoms with Crippen LogP contribution >= 0.6 is 0 Å². The summed E-state index contributed by atoms with van der Waals surface area (Å²) >= 11 is 0. The van der Waals surface area contributed by atoms with Crippen molar-refractivity contribution in [3.8, 4) is 0 Å². The number of aliphatic hydroxyl groups excluding tert-OH is 5. The molecule has 0 radical (unpaired) electrons. The van der Waals surface area contributed by atoms with E-state index in [1.807, 2.05) is 0 Å². The molecule has 134 valence electrons. The van der Waals surface area contributed by atoms with Crippen molar-refractivity contribution in [3.63, 3.8) is 0 Å². The number of carbonyl (C=O) groups is 1. The Labute approximate surface area is 133 Å². The van der Waals surface area contributed by atoms with Crippen molar-refractivity contribution in [2.75, 3.05) is 6.61 Å². The van der Waals surface area contributed by atoms with Gasteiger partial charge in [-0.3, -0.25) is 4.79 Å². The van der Waals surface area contributed by atoms with Gasteiger partial charge in [0.1, 0.15) is 24.4 Å². The van der Waals surface area contributed by atoms with E-state index >= 15 is 0 Å². The lowest BCUT2D eigenvalue weighted by Crippen LogP contribution is -2.61. The lowest BCUT2D eigenvalue weighted by Gasteiger charge is -2.45. The van der Waals surface area contributed by atoms with Crippen LogP contribution in [-0.4, -0.2) is 85.6 Å². The summed E-state index contributed by atoms with van der Waals surface area (Å²) in [6.45, 7) is -0.588. The van der Waals surface area contributed by atoms with E-state index in [1.165, 1.54) is 0 Å². The minimum absolute atomic E-state index is 0.259. The molecule has 2 rings (SSSR count). The molecule has 9 heteroatoms. The third-order valence-corrected chi connectivity index (χ3v) is 4.55. The molecule has 0 amide bonds. The van der Waals surface area contributed by atoms with Crippen molar-refractivity contribution < 1.29 is 44.9 Å². The predicted molar refractivity (Wildman–Crippen MR) is 74.3 cm³/mol. The van der Waals surface area contributed by atoms with Crippen molar-refractivity contribution in [2.24, 2.45) is 0 Å². The Morgan fingerprint density at radius 3 is 2.22 bits per heavy atom. The number of aliphatic carboxylic acids is 1. The van der Waals surface area contributed by atoms with E-state index in [1.54, 1.807) is 0 Å². The average Bonchev–Trinajstić information content (AvgIpc) is 2.50. The van der Waals surface area contributed by atoms with E-state index in [2.05, 4.69) is 0 Å². The molecule has 1 saturated carbocycles. The van der Waals surface area contributed by atoms with Crippen LogP contribution in [-0.2, 0) is 14.3 Å². The zero-order chi connectivity index (χ0) is 17.2. The van der Waals surface area contributed by atoms with Crippen LogP contribution < -0.4 is 0 Å². The van der Waals surface area contributed by atoms with Crippen LogP contribution in [0.1, 0.15) is 32.1 Å². The molecule has 0 bridgehead atoms. The number of hydrogen-bond donors (Lipinski definition) is 6. The number of ether oxygens (including phenoxy) is 2. The van der Waals surface area contributed by atoms with E-state index in [9.17, 15) is 30.3 Å². The van der Waals surface area contributed by atoms with Gasteiger partial charge >= 0.3 is 5.97 Å². The molecule has 1 aliphatic carbocycles. The van der Waals surface area contributed by atoms with Crippen LogP contribution in [0.2, 0.25) is 0 Å². The largest absolute Gasteiger partial charge is 0.481 e. The van der Waals surface area contributed by atoms with Crippen LogP contribution in [0.25, 0.3) is 0 Å². The van der Waals surface area contributed by atoms with E-state index in [0.29, 0.717) is 12.8 Å². The quantitative estimate of drug-likeness (QED) is 0.332. The van der Waals surface area contributed by atoms with E-state index < -0.39 is 55.0 Å². The van der Waals surface area contributed by atoms with Crippen molar-refractivity contribution in [1.29, 1.82) is 0 Å². The Kier molecular flexibility index (Phi) is 5.95. The molecular weight excluding hydrogens is 312 g/mol. The summed E-state index contributed by atoms with van der Waals surface area (Å²) in [5.41, 5.74) is -1.14. The van der Waals surface area contributed by atoms with Crippen LogP contribution in [0, 0.1) is 0 Å². The third-order valence-electron chi connectivity index (χ3n) is 4.55. The van der Waals surface area contributed by atoms with Gasteiger partial charge in [0.05, 0.1) is 24.7 Å². The van der Waals surface area contributed by atoms with Crippen molar-refractivity contribution >= 4 is 5.97 Å². The van der Waals surface area contributed by atoms with Gasteiger partial charge in [0, 0.05) is 0 Å². The molecule has 6 N–H and O–H groups in total. The Hall–Kier alpha value is -0.810. The maximum atomic E-state index is 11.1. The van der Waals surface area contributed by atoms with E-state index in [-0.39, 0.29) is 19.3 Å². The Balaban J connectivity index is 2.13. The summed E-state index contributed by atoms with van der Waals surface area (Å²) in [6.07, 6.45) is -6.80. The van der Waals surface area contributed by atoms with Crippen LogP contribution in [0.15, 0.2) is 0 Å². The molecule has 0 aromatic rings. The summed E-state index contributed by atoms with van der Waals surface area (Å²) in [6, 6.07) is 0. The van der Waals surface area contributed by atoms with Gasteiger partial charge in [0.25, 0.3) is 0 Å². The molecule has 0 spiro atoms. The highest BCUT2D eigenvalue weighted by atomic mass is 16.7. The van der Waals surface area contributed by atoms with Gasteiger partial charge in [0.2, 0.25) is 0 Å². The average molecular weight is 336 g/mol. The molecule has 1 aliphatic heterocycles. The number of carboxylic acids is 1. The highest BCUT2D eigenvalue weighted by Gasteiger charge is 2.48. The summed E-state index contributed by atoms with van der Waals surface area (Å²) in [7, 11) is 0. The molecule has 5 atom stereocenters. The maximum Gasteiger partial charge on any atom is 0.306 e. The van der Waals surface area contributed by atoms with Crippen LogP contribution in [0.5, 0.6) is 0 Å². The van der Waals surface area contributed by atoms with Crippen LogP contribution in [0.4, 0.5) is 0 Å². The topological polar surface area (TPSA) is 157 Å². The highest BCUT2D eigenvalue weighted by Crippen LogP contribution is 2.38. The minimum Gasteiger partial charge on any atom is -0.481 e. The lowest BCUT2D eigenvalue weighted by molar-refractivity contribution is -0.331. The Bertz CT molecular complexity index is 405. The summed E-state index contributed by atoms with van der Waals surface area (Å²) in [4.78, 5) is 11.1. The van der Waals surface area contributed by atoms with Crippen LogP contribution in [0.3, 0.4) is 0 Å². The first-order chi connectivity index (χ1) is 10.8. The predicted octanol–water partition coefficient (Wildman–Crippen LogP) is -2.05. The van der Waals surface area contributed by atoms with Gasteiger partial charge in [-0.05, 0) is 25.7 Å². The Morgan fingerprint density at radius 2 is 1.70 bits per heavy atom. The molecule has 1 saturated heterocycles. The number of hydrogen-bond acceptors (Lipinski definition) is 8. The number of carboxylic acid groups (broad SMARTS) is 1. The summed E-state index contributed by atoms with van der Waals surface area (Å²) < 4.78 is 11.0. The smallest absolute Gasteiger partial charge is 0.306 e. The third kappa shape index (κ3) is 4.18. The number of rotatable bonds is 5. The molecule has 1 heterocycles. The van der Waals surface area contributed by atoms with E-state index in [0.717, 1.165) is 0 Å². The standard InChI is InChI=1S/C14H24O9/c15-6-8-10(19)11(20)12(21)13(22-8)23-14(5-9(17)18)3-1-7(16)2-4-14/h7-8,10-13,15-16,19-21H,1-6H2,(H,17,18)/t7?,8-,10-,11+,12-,13+,14?/m1/s1. The van der Waals surface area contributed by atoms with Gasteiger partial charge in [-0.1, -0.05) is 0 Å².